The Balaban J connectivity index is 1.81. The maximum Gasteiger partial charge on any atom is 0.198 e. The monoisotopic (exact) mass is 309 g/mol. The predicted molar refractivity (Wildman–Crippen MR) is 81.2 cm³/mol. The molecular formula is C14H23N5O3. The molecule has 0 spiro atoms. The first-order valence-electron chi connectivity index (χ1n) is 7.62. The van der Waals surface area contributed by atoms with E-state index in [4.69, 9.17) is 10.5 Å². The minimum Gasteiger partial charge on any atom is -0.396 e. The molecule has 3 atom stereocenters. The molecule has 1 aromatic heterocycles. The lowest BCUT2D eigenvalue weighted by Crippen LogP contribution is -2.31. The molecule has 1 saturated carbocycles. The molecule has 0 bridgehead atoms. The van der Waals surface area contributed by atoms with Crippen molar-refractivity contribution in [3.8, 4) is 0 Å². The summed E-state index contributed by atoms with van der Waals surface area (Å²) in [5, 5.41) is 22.0. The van der Waals surface area contributed by atoms with Crippen molar-refractivity contribution in [2.75, 3.05) is 25.1 Å². The van der Waals surface area contributed by atoms with Crippen molar-refractivity contribution < 1.29 is 14.9 Å². The highest BCUT2D eigenvalue weighted by Gasteiger charge is 2.53. The minimum absolute atomic E-state index is 0.0461. The Kier molecular flexibility index (Phi) is 4.07. The van der Waals surface area contributed by atoms with E-state index in [1.54, 1.807) is 6.33 Å². The van der Waals surface area contributed by atoms with E-state index in [0.717, 1.165) is 18.7 Å². The first-order chi connectivity index (χ1) is 10.6. The van der Waals surface area contributed by atoms with E-state index in [1.807, 2.05) is 11.5 Å². The lowest BCUT2D eigenvalue weighted by Gasteiger charge is -2.23. The number of hydrogen-bond acceptors (Lipinski definition) is 7. The van der Waals surface area contributed by atoms with E-state index < -0.39 is 6.23 Å². The summed E-state index contributed by atoms with van der Waals surface area (Å²) in [5.74, 6) is 1.19. The molecule has 1 fully saturated rings. The van der Waals surface area contributed by atoms with Gasteiger partial charge in [0.1, 0.15) is 11.5 Å². The Morgan fingerprint density at radius 3 is 3.00 bits per heavy atom. The van der Waals surface area contributed by atoms with E-state index in [1.165, 1.54) is 0 Å². The zero-order valence-electron chi connectivity index (χ0n) is 12.7. The van der Waals surface area contributed by atoms with Gasteiger partial charge in [-0.2, -0.15) is 0 Å². The van der Waals surface area contributed by atoms with Crippen LogP contribution in [0.4, 0.5) is 5.82 Å². The highest BCUT2D eigenvalue weighted by molar-refractivity contribution is 5.93. The predicted octanol–water partition coefficient (Wildman–Crippen LogP) is 0.0394. The summed E-state index contributed by atoms with van der Waals surface area (Å²) in [6, 6.07) is 0. The third-order valence-electron chi connectivity index (χ3n) is 4.46. The standard InChI is InChI=1S/C14H23N5O3/c1-2-3-22-12-10-11(17-13(15)18-12)19(8-16-10)6-14(7-21)4-9(14)5-20/h8-9,12,20-21H,2-7H2,1H3,(H3,15,17,18)/t9-,12?,14-/m0/s1. The molecule has 1 aromatic rings. The van der Waals surface area contributed by atoms with Crippen LogP contribution in [0.25, 0.3) is 0 Å². The smallest absolute Gasteiger partial charge is 0.198 e. The molecular weight excluding hydrogens is 286 g/mol. The number of imidazole rings is 1. The number of aliphatic hydroxyl groups is 2. The van der Waals surface area contributed by atoms with Gasteiger partial charge in [-0.15, -0.1) is 0 Å². The molecule has 3 rings (SSSR count). The number of fused-ring (bicyclic) bond motifs is 1. The zero-order chi connectivity index (χ0) is 15.7. The first kappa shape index (κ1) is 15.3. The zero-order valence-corrected chi connectivity index (χ0v) is 12.7. The SMILES string of the molecule is CCCOC1N=C(N)Nc2c1ncn2C[C@]1(CO)C[C@H]1CO. The fourth-order valence-corrected chi connectivity index (χ4v) is 2.99. The van der Waals surface area contributed by atoms with Gasteiger partial charge in [-0.1, -0.05) is 6.92 Å². The number of aromatic nitrogens is 2. The summed E-state index contributed by atoms with van der Waals surface area (Å²) in [7, 11) is 0. The van der Waals surface area contributed by atoms with Crippen molar-refractivity contribution in [2.24, 2.45) is 22.1 Å². The van der Waals surface area contributed by atoms with Crippen LogP contribution in [0.5, 0.6) is 0 Å². The van der Waals surface area contributed by atoms with Crippen LogP contribution in [0.2, 0.25) is 0 Å². The third kappa shape index (κ3) is 2.57. The molecule has 1 aliphatic heterocycles. The van der Waals surface area contributed by atoms with Gasteiger partial charge in [0.05, 0.1) is 12.9 Å². The molecule has 122 valence electrons. The average molecular weight is 309 g/mol. The largest absolute Gasteiger partial charge is 0.396 e. The summed E-state index contributed by atoms with van der Waals surface area (Å²) in [4.78, 5) is 8.62. The summed E-state index contributed by atoms with van der Waals surface area (Å²) in [6.45, 7) is 3.33. The van der Waals surface area contributed by atoms with Gasteiger partial charge in [-0.3, -0.25) is 0 Å². The van der Waals surface area contributed by atoms with Gasteiger partial charge in [-0.25, -0.2) is 9.98 Å². The maximum absolute atomic E-state index is 9.64. The van der Waals surface area contributed by atoms with E-state index in [9.17, 15) is 10.2 Å². The van der Waals surface area contributed by atoms with Crippen LogP contribution >= 0.6 is 0 Å². The van der Waals surface area contributed by atoms with Gasteiger partial charge in [0.25, 0.3) is 0 Å². The Morgan fingerprint density at radius 2 is 2.36 bits per heavy atom. The number of rotatable bonds is 7. The Labute approximate surface area is 129 Å². The van der Waals surface area contributed by atoms with Crippen LogP contribution in [0.3, 0.4) is 0 Å². The van der Waals surface area contributed by atoms with Gasteiger partial charge in [-0.05, 0) is 18.8 Å². The molecule has 0 saturated heterocycles. The normalized spacial score (nSPS) is 29.7. The van der Waals surface area contributed by atoms with Gasteiger partial charge in [0.15, 0.2) is 12.2 Å². The van der Waals surface area contributed by atoms with Crippen LogP contribution in [0.1, 0.15) is 31.7 Å². The first-order valence-corrected chi connectivity index (χ1v) is 7.62. The number of anilines is 1. The lowest BCUT2D eigenvalue weighted by molar-refractivity contribution is 0.0564. The quantitative estimate of drug-likeness (QED) is 0.565. The van der Waals surface area contributed by atoms with E-state index in [-0.39, 0.29) is 24.5 Å². The molecule has 1 unspecified atom stereocenters. The molecule has 8 nitrogen and oxygen atoms in total. The Hall–Kier alpha value is -1.64. The number of hydrogen-bond donors (Lipinski definition) is 4. The minimum atomic E-state index is -0.490. The fourth-order valence-electron chi connectivity index (χ4n) is 2.99. The van der Waals surface area contributed by atoms with E-state index in [0.29, 0.717) is 24.8 Å². The van der Waals surface area contributed by atoms with Crippen LogP contribution in [0.15, 0.2) is 11.3 Å². The topological polar surface area (TPSA) is 118 Å². The second-order valence-corrected chi connectivity index (χ2v) is 6.07. The number of nitrogens with one attached hydrogen (secondary N) is 1. The third-order valence-corrected chi connectivity index (χ3v) is 4.46. The maximum atomic E-state index is 9.64. The molecule has 22 heavy (non-hydrogen) atoms. The van der Waals surface area contributed by atoms with Crippen LogP contribution < -0.4 is 11.1 Å². The number of nitrogens with zero attached hydrogens (tertiary/aromatic N) is 3. The van der Waals surface area contributed by atoms with Crippen LogP contribution in [-0.4, -0.2) is 45.5 Å². The van der Waals surface area contributed by atoms with Crippen LogP contribution in [0, 0.1) is 11.3 Å². The highest BCUT2D eigenvalue weighted by Crippen LogP contribution is 2.53. The second kappa shape index (κ2) is 5.86. The van der Waals surface area contributed by atoms with Crippen molar-refractivity contribution in [3.63, 3.8) is 0 Å². The Morgan fingerprint density at radius 1 is 1.55 bits per heavy atom. The van der Waals surface area contributed by atoms with Gasteiger partial charge in [0.2, 0.25) is 0 Å². The molecule has 5 N–H and O–H groups in total. The van der Waals surface area contributed by atoms with Crippen molar-refractivity contribution in [2.45, 2.75) is 32.5 Å². The average Bonchev–Trinajstić information content (AvgIpc) is 3.09. The fraction of sp³-hybridized carbons (Fsp3) is 0.714. The number of aliphatic imine (C=N–C) groups is 1. The van der Waals surface area contributed by atoms with Crippen molar-refractivity contribution in [1.82, 2.24) is 9.55 Å². The molecule has 0 aromatic carbocycles. The number of nitrogens with two attached hydrogens (primary N) is 1. The summed E-state index contributed by atoms with van der Waals surface area (Å²) >= 11 is 0. The number of aliphatic hydroxyl groups excluding tert-OH is 2. The van der Waals surface area contributed by atoms with Crippen molar-refractivity contribution in [1.29, 1.82) is 0 Å². The number of ether oxygens (including phenoxy) is 1. The Bertz CT molecular complexity index is 573. The molecule has 2 aliphatic rings. The van der Waals surface area contributed by atoms with Gasteiger partial charge in [0, 0.05) is 25.2 Å². The summed E-state index contributed by atoms with van der Waals surface area (Å²) in [5.41, 5.74) is 6.27. The molecule has 2 heterocycles. The van der Waals surface area contributed by atoms with Gasteiger partial charge < -0.3 is 30.6 Å². The molecule has 0 radical (unpaired) electrons. The summed E-state index contributed by atoms with van der Waals surface area (Å²) < 4.78 is 7.61. The van der Waals surface area contributed by atoms with E-state index in [2.05, 4.69) is 15.3 Å². The highest BCUT2D eigenvalue weighted by atomic mass is 16.5. The second-order valence-electron chi connectivity index (χ2n) is 6.07. The molecule has 0 amide bonds. The van der Waals surface area contributed by atoms with Crippen molar-refractivity contribution in [3.05, 3.63) is 12.0 Å². The lowest BCUT2D eigenvalue weighted by atomic mass is 10.1. The molecule has 1 aliphatic carbocycles. The van der Waals surface area contributed by atoms with Crippen LogP contribution in [-0.2, 0) is 11.3 Å². The summed E-state index contributed by atoms with van der Waals surface area (Å²) in [6.07, 6.45) is 2.92. The van der Waals surface area contributed by atoms with Crippen molar-refractivity contribution >= 4 is 11.8 Å². The van der Waals surface area contributed by atoms with Gasteiger partial charge >= 0.3 is 0 Å². The number of guanidine groups is 1. The van der Waals surface area contributed by atoms with E-state index >= 15 is 0 Å². The molecule has 8 heteroatoms.